The molecule has 0 radical (unpaired) electrons. The van der Waals surface area contributed by atoms with Gasteiger partial charge in [-0.2, -0.15) is 0 Å². The zero-order valence-electron chi connectivity index (χ0n) is 6.55. The summed E-state index contributed by atoms with van der Waals surface area (Å²) < 4.78 is 0. The van der Waals surface area contributed by atoms with Gasteiger partial charge in [-0.25, -0.2) is 0 Å². The second-order valence-corrected chi connectivity index (χ2v) is 0.447. The van der Waals surface area contributed by atoms with Crippen LogP contribution in [0.3, 0.4) is 0 Å². The SMILES string of the molecule is O.O.O.O.O.O=[N+]([O-])[O-].O=[N+]([O-])[O-].[Zn+2]. The quantitative estimate of drug-likeness (QED) is 0.238. The Bertz CT molecular complexity index is 71.3. The fourth-order valence-corrected chi connectivity index (χ4v) is 0. The normalized spacial score (nSPS) is 3.43. The topological polar surface area (TPSA) is 290 Å². The molecule has 0 saturated carbocycles. The van der Waals surface area contributed by atoms with E-state index in [0.717, 1.165) is 0 Å². The van der Waals surface area contributed by atoms with Gasteiger partial charge in [-0.15, -0.1) is 0 Å². The Morgan fingerprint density at radius 2 is 0.571 bits per heavy atom. The van der Waals surface area contributed by atoms with Crippen LogP contribution in [0.1, 0.15) is 0 Å². The van der Waals surface area contributed by atoms with Crippen LogP contribution in [0, 0.1) is 30.6 Å². The maximum Gasteiger partial charge on any atom is 2.00 e. The molecule has 0 unspecified atom stereocenters. The Kier molecular flexibility index (Phi) is 328. The molecule has 0 fully saturated rings. The standard InChI is InChI=1S/2NO3.5H2O.Zn/c2*2-1(3)4;;;;;;/h;;5*1H2;/q2*-1;;;;;;+2. The first kappa shape index (κ1) is 77.1. The molecule has 0 amide bonds. The van der Waals surface area contributed by atoms with Gasteiger partial charge in [-0.3, -0.25) is 0 Å². The van der Waals surface area contributed by atoms with Crippen molar-refractivity contribution in [2.24, 2.45) is 0 Å². The summed E-state index contributed by atoms with van der Waals surface area (Å²) in [5, 5.41) is 29.5. The summed E-state index contributed by atoms with van der Waals surface area (Å²) >= 11 is 0. The second kappa shape index (κ2) is 59.5. The van der Waals surface area contributed by atoms with Gasteiger partial charge in [-0.05, 0) is 0 Å². The molecule has 0 rings (SSSR count). The van der Waals surface area contributed by atoms with Crippen LogP contribution in [-0.4, -0.2) is 37.6 Å². The third kappa shape index (κ3) is 754. The van der Waals surface area contributed by atoms with Crippen molar-refractivity contribution in [2.45, 2.75) is 0 Å². The first-order valence-corrected chi connectivity index (χ1v) is 1.10. The van der Waals surface area contributed by atoms with Gasteiger partial charge in [0.05, 0.1) is 10.2 Å². The zero-order chi connectivity index (χ0) is 7.15. The van der Waals surface area contributed by atoms with Gasteiger partial charge in [0.1, 0.15) is 0 Å². The molecule has 10 N–H and O–H groups in total. The van der Waals surface area contributed by atoms with E-state index in [1.807, 2.05) is 0 Å². The number of rotatable bonds is 0. The Labute approximate surface area is 88.5 Å². The molecule has 0 aromatic carbocycles. The molecule has 0 heterocycles. The minimum Gasteiger partial charge on any atom is -0.412 e. The maximum atomic E-state index is 8.25. The zero-order valence-corrected chi connectivity index (χ0v) is 9.52. The van der Waals surface area contributed by atoms with Crippen molar-refractivity contribution in [1.82, 2.24) is 0 Å². The van der Waals surface area contributed by atoms with E-state index in [4.69, 9.17) is 30.6 Å². The van der Waals surface area contributed by atoms with Gasteiger partial charge in [0.15, 0.2) is 0 Å². The molecule has 0 aliphatic carbocycles. The predicted octanol–water partition coefficient (Wildman–Crippen LogP) is -4.60. The fraction of sp³-hybridized carbons (Fsp3) is 0. The summed E-state index contributed by atoms with van der Waals surface area (Å²) in [6, 6.07) is 0. The Hall–Kier alpha value is -1.18. The molecule has 0 aliphatic rings. The van der Waals surface area contributed by atoms with Crippen molar-refractivity contribution >= 4 is 0 Å². The average Bonchev–Trinajstić information content (AvgIpc) is 1.25. The summed E-state index contributed by atoms with van der Waals surface area (Å²) in [5.41, 5.74) is 0. The third-order valence-electron chi connectivity index (χ3n) is 0. The summed E-state index contributed by atoms with van der Waals surface area (Å²) in [6.07, 6.45) is 0. The molecule has 14 heteroatoms. The molecule has 13 nitrogen and oxygen atoms in total. The van der Waals surface area contributed by atoms with Crippen molar-refractivity contribution in [2.75, 3.05) is 0 Å². The minimum absolute atomic E-state index is 0. The molecule has 0 saturated heterocycles. The Morgan fingerprint density at radius 1 is 0.571 bits per heavy atom. The second-order valence-electron chi connectivity index (χ2n) is 0.447. The fourth-order valence-electron chi connectivity index (χ4n) is 0. The van der Waals surface area contributed by atoms with Crippen molar-refractivity contribution in [3.63, 3.8) is 0 Å². The van der Waals surface area contributed by atoms with Gasteiger partial charge >= 0.3 is 19.5 Å². The number of hydrogen-bond acceptors (Lipinski definition) is 6. The van der Waals surface area contributed by atoms with Crippen molar-refractivity contribution in [1.29, 1.82) is 0 Å². The van der Waals surface area contributed by atoms with Crippen LogP contribution in [0.25, 0.3) is 0 Å². The molecule has 88 valence electrons. The largest absolute Gasteiger partial charge is 2.00 e. The van der Waals surface area contributed by atoms with Gasteiger partial charge < -0.3 is 58.0 Å². The van der Waals surface area contributed by atoms with Gasteiger partial charge in [0.2, 0.25) is 0 Å². The minimum atomic E-state index is -1.75. The van der Waals surface area contributed by atoms with Crippen LogP contribution in [0.4, 0.5) is 0 Å². The van der Waals surface area contributed by atoms with E-state index >= 15 is 0 Å². The van der Waals surface area contributed by atoms with E-state index in [1.165, 1.54) is 0 Å². The van der Waals surface area contributed by atoms with Crippen LogP contribution in [-0.2, 0) is 19.5 Å². The maximum absolute atomic E-state index is 8.25. The van der Waals surface area contributed by atoms with E-state index in [9.17, 15) is 0 Å². The summed E-state index contributed by atoms with van der Waals surface area (Å²) in [7, 11) is 0. The van der Waals surface area contributed by atoms with Crippen molar-refractivity contribution in [3.8, 4) is 0 Å². The average molecular weight is 279 g/mol. The number of hydrogen-bond donors (Lipinski definition) is 0. The summed E-state index contributed by atoms with van der Waals surface area (Å²) in [6.45, 7) is 0. The van der Waals surface area contributed by atoms with E-state index < -0.39 is 10.2 Å². The molecule has 0 aromatic rings. The Morgan fingerprint density at radius 3 is 0.571 bits per heavy atom. The molecule has 14 heavy (non-hydrogen) atoms. The summed E-state index contributed by atoms with van der Waals surface area (Å²) in [5.74, 6) is 0. The van der Waals surface area contributed by atoms with E-state index in [-0.39, 0.29) is 46.9 Å². The Balaban J connectivity index is -0.00000000600. The molecular weight excluding hydrogens is 269 g/mol. The van der Waals surface area contributed by atoms with E-state index in [2.05, 4.69) is 0 Å². The van der Waals surface area contributed by atoms with Gasteiger partial charge in [0.25, 0.3) is 0 Å². The van der Waals surface area contributed by atoms with Gasteiger partial charge in [0, 0.05) is 0 Å². The first-order chi connectivity index (χ1) is 3.46. The van der Waals surface area contributed by atoms with Crippen LogP contribution in [0.5, 0.6) is 0 Å². The third-order valence-corrected chi connectivity index (χ3v) is 0. The van der Waals surface area contributed by atoms with Crippen molar-refractivity contribution in [3.05, 3.63) is 30.6 Å². The van der Waals surface area contributed by atoms with E-state index in [1.54, 1.807) is 0 Å². The van der Waals surface area contributed by atoms with Crippen molar-refractivity contribution < 1.29 is 57.0 Å². The smallest absolute Gasteiger partial charge is 0.412 e. The van der Waals surface area contributed by atoms with Crippen LogP contribution in [0.2, 0.25) is 0 Å². The first-order valence-electron chi connectivity index (χ1n) is 1.10. The molecular formula is H10N2O11Zn. The van der Waals surface area contributed by atoms with Crippen LogP contribution in [0.15, 0.2) is 0 Å². The van der Waals surface area contributed by atoms with Crippen LogP contribution < -0.4 is 0 Å². The number of nitrogens with zero attached hydrogens (tertiary/aromatic N) is 2. The molecule has 0 bridgehead atoms. The van der Waals surface area contributed by atoms with E-state index in [0.29, 0.717) is 0 Å². The van der Waals surface area contributed by atoms with Crippen LogP contribution >= 0.6 is 0 Å². The molecule has 0 spiro atoms. The molecule has 0 aromatic heterocycles. The predicted molar refractivity (Wildman–Crippen MR) is 38.8 cm³/mol. The molecule has 0 aliphatic heterocycles. The monoisotopic (exact) mass is 278 g/mol. The van der Waals surface area contributed by atoms with Gasteiger partial charge in [-0.1, -0.05) is 0 Å². The summed E-state index contributed by atoms with van der Waals surface area (Å²) in [4.78, 5) is 16.5. The molecule has 0 atom stereocenters.